The molecule has 1 saturated carbocycles. The van der Waals surface area contributed by atoms with Crippen molar-refractivity contribution in [2.45, 2.75) is 37.6 Å². The summed E-state index contributed by atoms with van der Waals surface area (Å²) < 4.78 is 0. The Balaban J connectivity index is 1.43. The molecule has 1 N–H and O–H groups in total. The van der Waals surface area contributed by atoms with Crippen LogP contribution in [0.15, 0.2) is 4.99 Å². The quantitative estimate of drug-likeness (QED) is 0.866. The Morgan fingerprint density at radius 3 is 2.74 bits per heavy atom. The van der Waals surface area contributed by atoms with Crippen LogP contribution in [0.5, 0.6) is 0 Å². The summed E-state index contributed by atoms with van der Waals surface area (Å²) in [6.45, 7) is 4.61. The summed E-state index contributed by atoms with van der Waals surface area (Å²) in [5.74, 6) is 3.84. The summed E-state index contributed by atoms with van der Waals surface area (Å²) >= 11 is 4.03. The van der Waals surface area contributed by atoms with Crippen LogP contribution in [-0.2, 0) is 0 Å². The van der Waals surface area contributed by atoms with Crippen LogP contribution in [0.3, 0.4) is 0 Å². The van der Waals surface area contributed by atoms with Gasteiger partial charge in [-0.05, 0) is 12.8 Å². The number of thioether (sulfide) groups is 2. The van der Waals surface area contributed by atoms with Crippen molar-refractivity contribution in [3.63, 3.8) is 0 Å². The molecule has 0 aromatic heterocycles. The third-order valence-corrected chi connectivity index (χ3v) is 6.59. The SMILES string of the molecule is C1CCC2(CC1)CSC(=NCCN1CCSCC1)N2. The Bertz CT molecular complexity index is 321. The van der Waals surface area contributed by atoms with Crippen molar-refractivity contribution in [1.82, 2.24) is 10.2 Å². The highest BCUT2D eigenvalue weighted by atomic mass is 32.2. The fourth-order valence-corrected chi connectivity index (χ4v) is 5.43. The van der Waals surface area contributed by atoms with Crippen LogP contribution in [0, 0.1) is 0 Å². The molecular formula is C14H25N3S2. The summed E-state index contributed by atoms with van der Waals surface area (Å²) in [6, 6.07) is 0. The normalized spacial score (nSPS) is 29.8. The van der Waals surface area contributed by atoms with Crippen molar-refractivity contribution in [3.8, 4) is 0 Å². The van der Waals surface area contributed by atoms with Gasteiger partial charge in [0.25, 0.3) is 0 Å². The average molecular weight is 300 g/mol. The zero-order chi connectivity index (χ0) is 13.0. The minimum absolute atomic E-state index is 0.406. The molecule has 5 heteroatoms. The predicted octanol–water partition coefficient (Wildman–Crippen LogP) is 2.43. The topological polar surface area (TPSA) is 27.6 Å². The Hall–Kier alpha value is 0.130. The van der Waals surface area contributed by atoms with Gasteiger partial charge in [-0.3, -0.25) is 9.89 Å². The number of amidine groups is 1. The maximum absolute atomic E-state index is 4.79. The molecule has 0 atom stereocenters. The molecule has 0 radical (unpaired) electrons. The van der Waals surface area contributed by atoms with Crippen LogP contribution in [0.4, 0.5) is 0 Å². The Kier molecular flexibility index (Phi) is 4.98. The molecule has 0 aromatic carbocycles. The number of nitrogens with one attached hydrogen (secondary N) is 1. The van der Waals surface area contributed by atoms with Crippen molar-refractivity contribution in [2.24, 2.45) is 4.99 Å². The molecule has 1 aliphatic carbocycles. The lowest BCUT2D eigenvalue weighted by molar-refractivity contribution is 0.302. The van der Waals surface area contributed by atoms with Crippen molar-refractivity contribution in [3.05, 3.63) is 0 Å². The largest absolute Gasteiger partial charge is 0.359 e. The number of nitrogens with zero attached hydrogens (tertiary/aromatic N) is 2. The Morgan fingerprint density at radius 1 is 1.16 bits per heavy atom. The van der Waals surface area contributed by atoms with E-state index in [4.69, 9.17) is 4.99 Å². The summed E-state index contributed by atoms with van der Waals surface area (Å²) in [7, 11) is 0. The smallest absolute Gasteiger partial charge is 0.157 e. The van der Waals surface area contributed by atoms with E-state index in [1.807, 2.05) is 11.8 Å². The van der Waals surface area contributed by atoms with Crippen molar-refractivity contribution < 1.29 is 0 Å². The van der Waals surface area contributed by atoms with Crippen LogP contribution >= 0.6 is 23.5 Å². The third-order valence-electron chi connectivity index (χ3n) is 4.44. The average Bonchev–Trinajstić information content (AvgIpc) is 2.84. The summed E-state index contributed by atoms with van der Waals surface area (Å²) in [4.78, 5) is 7.34. The van der Waals surface area contributed by atoms with Crippen LogP contribution in [0.2, 0.25) is 0 Å². The number of hydrogen-bond acceptors (Lipinski definition) is 4. The molecule has 0 bridgehead atoms. The monoisotopic (exact) mass is 299 g/mol. The van der Waals surface area contributed by atoms with E-state index in [9.17, 15) is 0 Å². The molecule has 2 saturated heterocycles. The van der Waals surface area contributed by atoms with E-state index < -0.39 is 0 Å². The van der Waals surface area contributed by atoms with Crippen molar-refractivity contribution >= 4 is 28.7 Å². The van der Waals surface area contributed by atoms with Gasteiger partial charge in [0.15, 0.2) is 5.17 Å². The number of rotatable bonds is 3. The lowest BCUT2D eigenvalue weighted by atomic mass is 9.83. The first-order valence-corrected chi connectivity index (χ1v) is 9.76. The molecule has 3 nitrogen and oxygen atoms in total. The first-order chi connectivity index (χ1) is 9.36. The highest BCUT2D eigenvalue weighted by Crippen LogP contribution is 2.36. The number of aliphatic imine (C=N–C) groups is 1. The number of hydrogen-bond donors (Lipinski definition) is 1. The lowest BCUT2D eigenvalue weighted by Crippen LogP contribution is -2.45. The summed E-state index contributed by atoms with van der Waals surface area (Å²) in [6.07, 6.45) is 6.91. The van der Waals surface area contributed by atoms with Crippen molar-refractivity contribution in [2.75, 3.05) is 43.4 Å². The van der Waals surface area contributed by atoms with Crippen LogP contribution in [0.25, 0.3) is 0 Å². The fourth-order valence-electron chi connectivity index (χ4n) is 3.21. The molecule has 2 aliphatic heterocycles. The van der Waals surface area contributed by atoms with Gasteiger partial charge in [0, 0.05) is 42.4 Å². The van der Waals surface area contributed by atoms with E-state index in [0.29, 0.717) is 5.54 Å². The van der Waals surface area contributed by atoms with Gasteiger partial charge in [0.1, 0.15) is 0 Å². The van der Waals surface area contributed by atoms with Crippen molar-refractivity contribution in [1.29, 1.82) is 0 Å². The van der Waals surface area contributed by atoms with Gasteiger partial charge in [-0.15, -0.1) is 0 Å². The third kappa shape index (κ3) is 3.82. The van der Waals surface area contributed by atoms with Crippen LogP contribution in [-0.4, -0.2) is 59.0 Å². The van der Waals surface area contributed by atoms with E-state index in [-0.39, 0.29) is 0 Å². The first-order valence-electron chi connectivity index (χ1n) is 7.62. The van der Waals surface area contributed by atoms with Gasteiger partial charge < -0.3 is 5.32 Å². The van der Waals surface area contributed by atoms with E-state index in [1.54, 1.807) is 0 Å². The van der Waals surface area contributed by atoms with Gasteiger partial charge in [-0.25, -0.2) is 0 Å². The first kappa shape index (κ1) is 14.1. The van der Waals surface area contributed by atoms with Gasteiger partial charge in [0.05, 0.1) is 6.54 Å². The Morgan fingerprint density at radius 2 is 1.95 bits per heavy atom. The summed E-state index contributed by atoms with van der Waals surface area (Å²) in [5.41, 5.74) is 0.406. The molecule has 108 valence electrons. The molecule has 0 aromatic rings. The molecule has 0 unspecified atom stereocenters. The summed E-state index contributed by atoms with van der Waals surface area (Å²) in [5, 5.41) is 4.95. The molecule has 1 spiro atoms. The molecule has 3 aliphatic rings. The second-order valence-electron chi connectivity index (χ2n) is 5.90. The van der Waals surface area contributed by atoms with Gasteiger partial charge in [-0.1, -0.05) is 31.0 Å². The second kappa shape index (κ2) is 6.72. The van der Waals surface area contributed by atoms with E-state index >= 15 is 0 Å². The molecule has 0 amide bonds. The highest BCUT2D eigenvalue weighted by Gasteiger charge is 2.37. The maximum atomic E-state index is 4.79. The van der Waals surface area contributed by atoms with E-state index in [2.05, 4.69) is 22.0 Å². The van der Waals surface area contributed by atoms with Gasteiger partial charge in [0.2, 0.25) is 0 Å². The minimum Gasteiger partial charge on any atom is -0.359 e. The minimum atomic E-state index is 0.406. The standard InChI is InChI=1S/C14H25N3S2/c1-2-4-14(5-3-1)12-19-13(16-14)15-6-7-17-8-10-18-11-9-17/h1-12H2,(H,15,16). The zero-order valence-corrected chi connectivity index (χ0v) is 13.3. The maximum Gasteiger partial charge on any atom is 0.157 e. The van der Waals surface area contributed by atoms with Crippen LogP contribution in [0.1, 0.15) is 32.1 Å². The highest BCUT2D eigenvalue weighted by molar-refractivity contribution is 8.14. The molecular weight excluding hydrogens is 274 g/mol. The van der Waals surface area contributed by atoms with Gasteiger partial charge >= 0.3 is 0 Å². The molecule has 3 rings (SSSR count). The predicted molar refractivity (Wildman–Crippen MR) is 87.5 cm³/mol. The van der Waals surface area contributed by atoms with E-state index in [0.717, 1.165) is 13.1 Å². The van der Waals surface area contributed by atoms with Crippen LogP contribution < -0.4 is 5.32 Å². The molecule has 19 heavy (non-hydrogen) atoms. The Labute approximate surface area is 125 Å². The fraction of sp³-hybridized carbons (Fsp3) is 0.929. The molecule has 3 fully saturated rings. The van der Waals surface area contributed by atoms with Gasteiger partial charge in [-0.2, -0.15) is 11.8 Å². The molecule has 2 heterocycles. The van der Waals surface area contributed by atoms with E-state index in [1.165, 1.54) is 67.6 Å². The second-order valence-corrected chi connectivity index (χ2v) is 8.08. The zero-order valence-electron chi connectivity index (χ0n) is 11.7. The lowest BCUT2D eigenvalue weighted by Gasteiger charge is -2.32.